The highest BCUT2D eigenvalue weighted by Gasteiger charge is 2.35. The number of benzene rings is 1. The number of alkyl halides is 3. The van der Waals surface area contributed by atoms with Gasteiger partial charge in [0.2, 0.25) is 5.91 Å². The molecule has 0 radical (unpaired) electrons. The number of nitrogens with two attached hydrogens (primary N) is 1. The Bertz CT molecular complexity index is 1310. The highest BCUT2D eigenvalue weighted by Crippen LogP contribution is 2.41. The van der Waals surface area contributed by atoms with Crippen LogP contribution in [-0.4, -0.2) is 20.4 Å². The maximum Gasteiger partial charge on any atom is 0.416 e. The zero-order valence-electron chi connectivity index (χ0n) is 17.5. The molecular formula is C23H20F3N3O3S. The molecule has 0 aliphatic rings. The summed E-state index contributed by atoms with van der Waals surface area (Å²) in [6, 6.07) is 10.9. The first-order valence-corrected chi connectivity index (χ1v) is 10.8. The third-order valence-electron chi connectivity index (χ3n) is 5.12. The van der Waals surface area contributed by atoms with Crippen molar-refractivity contribution in [3.8, 4) is 16.3 Å². The van der Waals surface area contributed by atoms with Gasteiger partial charge >= 0.3 is 6.18 Å². The highest BCUT2D eigenvalue weighted by molar-refractivity contribution is 7.15. The average molecular weight is 475 g/mol. The fourth-order valence-corrected chi connectivity index (χ4v) is 4.70. The summed E-state index contributed by atoms with van der Waals surface area (Å²) in [6.45, 7) is 0.997. The average Bonchev–Trinajstić information content (AvgIpc) is 3.36. The summed E-state index contributed by atoms with van der Waals surface area (Å²) in [7, 11) is 0. The number of hydrogen-bond acceptors (Lipinski definition) is 5. The predicted molar refractivity (Wildman–Crippen MR) is 118 cm³/mol. The van der Waals surface area contributed by atoms with Crippen molar-refractivity contribution in [1.29, 1.82) is 0 Å². The van der Waals surface area contributed by atoms with Crippen molar-refractivity contribution in [3.05, 3.63) is 76.4 Å². The number of fused-ring (bicyclic) bond motifs is 1. The van der Waals surface area contributed by atoms with E-state index < -0.39 is 30.4 Å². The van der Waals surface area contributed by atoms with Gasteiger partial charge in [-0.1, -0.05) is 18.2 Å². The molecule has 0 aliphatic carbocycles. The lowest BCUT2D eigenvalue weighted by Crippen LogP contribution is -2.16. The number of halogens is 3. The number of hydrogen-bond donors (Lipinski definition) is 2. The van der Waals surface area contributed by atoms with Gasteiger partial charge in [-0.15, -0.1) is 11.3 Å². The van der Waals surface area contributed by atoms with E-state index in [-0.39, 0.29) is 23.3 Å². The van der Waals surface area contributed by atoms with E-state index >= 15 is 0 Å². The minimum atomic E-state index is -4.62. The summed E-state index contributed by atoms with van der Waals surface area (Å²) in [5.74, 6) is -0.297. The molecular weight excluding hydrogens is 455 g/mol. The number of pyridine rings is 1. The molecule has 0 saturated carbocycles. The van der Waals surface area contributed by atoms with Crippen LogP contribution >= 0.6 is 11.3 Å². The standard InChI is InChI=1S/C23H20F3N3O3S/c1-13(15-6-5-14(12-30)8-16(15)23(24,25)26)32-18-9-19(33-20(18)10-21(27)31)17-11-28-22-4-2-3-7-29(17)22/h2-9,11,13,30H,10,12H2,1H3,(H2,27,31). The molecule has 3 heterocycles. The van der Waals surface area contributed by atoms with Crippen LogP contribution in [0.25, 0.3) is 16.2 Å². The van der Waals surface area contributed by atoms with Crippen LogP contribution in [0.2, 0.25) is 0 Å². The van der Waals surface area contributed by atoms with Gasteiger partial charge in [0.25, 0.3) is 0 Å². The SMILES string of the molecule is CC(Oc1cc(-c2cnc3ccccn23)sc1CC(N)=O)c1ccc(CO)cc1C(F)(F)F. The van der Waals surface area contributed by atoms with Crippen LogP contribution in [0.3, 0.4) is 0 Å². The molecule has 3 aromatic heterocycles. The third-order valence-corrected chi connectivity index (χ3v) is 6.26. The van der Waals surface area contributed by atoms with Crippen molar-refractivity contribution in [1.82, 2.24) is 9.38 Å². The van der Waals surface area contributed by atoms with Crippen LogP contribution < -0.4 is 10.5 Å². The summed E-state index contributed by atoms with van der Waals surface area (Å²) < 4.78 is 48.7. The van der Waals surface area contributed by atoms with E-state index in [1.165, 1.54) is 30.4 Å². The molecule has 4 aromatic rings. The van der Waals surface area contributed by atoms with E-state index in [4.69, 9.17) is 10.5 Å². The number of ether oxygens (including phenoxy) is 1. The normalized spacial score (nSPS) is 12.8. The molecule has 0 bridgehead atoms. The molecule has 0 saturated heterocycles. The Morgan fingerprint density at radius 1 is 1.27 bits per heavy atom. The number of carbonyl (C=O) groups is 1. The van der Waals surface area contributed by atoms with E-state index in [0.29, 0.717) is 4.88 Å². The topological polar surface area (TPSA) is 89.9 Å². The van der Waals surface area contributed by atoms with Gasteiger partial charge in [0.15, 0.2) is 0 Å². The molecule has 1 atom stereocenters. The lowest BCUT2D eigenvalue weighted by Gasteiger charge is -2.20. The second kappa shape index (κ2) is 8.87. The van der Waals surface area contributed by atoms with Gasteiger partial charge in [-0.25, -0.2) is 4.98 Å². The summed E-state index contributed by atoms with van der Waals surface area (Å²) in [5, 5.41) is 9.23. The number of aliphatic hydroxyl groups excluding tert-OH is 1. The smallest absolute Gasteiger partial charge is 0.416 e. The quantitative estimate of drug-likeness (QED) is 0.404. The molecule has 1 unspecified atom stereocenters. The Hall–Kier alpha value is -3.37. The molecule has 172 valence electrons. The molecule has 1 amide bonds. The third kappa shape index (κ3) is 4.71. The lowest BCUT2D eigenvalue weighted by atomic mass is 10.00. The number of rotatable bonds is 7. The highest BCUT2D eigenvalue weighted by atomic mass is 32.1. The van der Waals surface area contributed by atoms with Gasteiger partial charge in [-0.2, -0.15) is 13.2 Å². The summed E-state index contributed by atoms with van der Waals surface area (Å²) in [5.41, 5.74) is 6.07. The van der Waals surface area contributed by atoms with Crippen molar-refractivity contribution in [3.63, 3.8) is 0 Å². The van der Waals surface area contributed by atoms with Crippen LogP contribution in [0.4, 0.5) is 13.2 Å². The Labute approximate surface area is 191 Å². The number of thiophene rings is 1. The number of amides is 1. The predicted octanol–water partition coefficient (Wildman–Crippen LogP) is 4.74. The monoisotopic (exact) mass is 475 g/mol. The first kappa shape index (κ1) is 22.8. The minimum absolute atomic E-state index is 0.0766. The van der Waals surface area contributed by atoms with Crippen molar-refractivity contribution in [2.45, 2.75) is 32.2 Å². The Morgan fingerprint density at radius 3 is 2.76 bits per heavy atom. The van der Waals surface area contributed by atoms with Crippen molar-refractivity contribution >= 4 is 22.9 Å². The van der Waals surface area contributed by atoms with Crippen LogP contribution in [0.15, 0.2) is 54.9 Å². The van der Waals surface area contributed by atoms with Gasteiger partial charge < -0.3 is 15.6 Å². The van der Waals surface area contributed by atoms with Gasteiger partial charge in [-0.05, 0) is 30.7 Å². The maximum absolute atomic E-state index is 13.6. The fourth-order valence-electron chi connectivity index (χ4n) is 3.59. The second-order valence-corrected chi connectivity index (χ2v) is 8.59. The van der Waals surface area contributed by atoms with Crippen LogP contribution in [0.5, 0.6) is 5.75 Å². The number of nitrogens with zero attached hydrogens (tertiary/aromatic N) is 2. The summed E-state index contributed by atoms with van der Waals surface area (Å²) >= 11 is 1.27. The molecule has 0 fully saturated rings. The van der Waals surface area contributed by atoms with E-state index in [1.54, 1.807) is 12.3 Å². The lowest BCUT2D eigenvalue weighted by molar-refractivity contribution is -0.139. The summed E-state index contributed by atoms with van der Waals surface area (Å²) in [6.07, 6.45) is -2.20. The molecule has 6 nitrogen and oxygen atoms in total. The largest absolute Gasteiger partial charge is 0.485 e. The fraction of sp³-hybridized carbons (Fsp3) is 0.217. The first-order valence-electron chi connectivity index (χ1n) is 9.98. The Balaban J connectivity index is 1.73. The van der Waals surface area contributed by atoms with Gasteiger partial charge in [-0.3, -0.25) is 9.20 Å². The molecule has 33 heavy (non-hydrogen) atoms. The van der Waals surface area contributed by atoms with Crippen LogP contribution in [-0.2, 0) is 24.0 Å². The molecule has 0 aliphatic heterocycles. The number of primary amides is 1. The van der Waals surface area contributed by atoms with Gasteiger partial charge in [0.1, 0.15) is 17.5 Å². The first-order chi connectivity index (χ1) is 15.7. The Kier molecular flexibility index (Phi) is 6.13. The van der Waals surface area contributed by atoms with Crippen molar-refractivity contribution in [2.24, 2.45) is 5.73 Å². The Morgan fingerprint density at radius 2 is 2.06 bits per heavy atom. The number of aromatic nitrogens is 2. The van der Waals surface area contributed by atoms with Crippen LogP contribution in [0.1, 0.15) is 34.6 Å². The van der Waals surface area contributed by atoms with E-state index in [1.807, 2.05) is 28.8 Å². The zero-order chi connectivity index (χ0) is 23.8. The molecule has 10 heteroatoms. The molecule has 3 N–H and O–H groups in total. The maximum atomic E-state index is 13.6. The molecule has 1 aromatic carbocycles. The minimum Gasteiger partial charge on any atom is -0.485 e. The van der Waals surface area contributed by atoms with Gasteiger partial charge in [0.05, 0.1) is 40.2 Å². The van der Waals surface area contributed by atoms with E-state index in [0.717, 1.165) is 22.3 Å². The van der Waals surface area contributed by atoms with E-state index in [2.05, 4.69) is 4.98 Å². The number of carbonyl (C=O) groups excluding carboxylic acids is 1. The zero-order valence-corrected chi connectivity index (χ0v) is 18.3. The van der Waals surface area contributed by atoms with Gasteiger partial charge in [0, 0.05) is 17.8 Å². The summed E-state index contributed by atoms with van der Waals surface area (Å²) in [4.78, 5) is 17.2. The second-order valence-electron chi connectivity index (χ2n) is 7.45. The van der Waals surface area contributed by atoms with Crippen molar-refractivity contribution in [2.75, 3.05) is 0 Å². The molecule has 4 rings (SSSR count). The van der Waals surface area contributed by atoms with E-state index in [9.17, 15) is 23.1 Å². The number of imidazole rings is 1. The molecule has 0 spiro atoms. The van der Waals surface area contributed by atoms with Crippen LogP contribution in [0, 0.1) is 0 Å². The number of aliphatic hydroxyl groups is 1. The van der Waals surface area contributed by atoms with Crippen molar-refractivity contribution < 1.29 is 27.8 Å².